The maximum Gasteiger partial charge on any atom is 0.226 e. The molecular weight excluding hydrogens is 216 g/mol. The fourth-order valence-corrected chi connectivity index (χ4v) is 1.43. The Labute approximate surface area is 100 Å². The molecular formula is C11H18N6. The molecule has 0 amide bonds. The van der Waals surface area contributed by atoms with E-state index in [2.05, 4.69) is 51.3 Å². The van der Waals surface area contributed by atoms with Gasteiger partial charge in [0, 0.05) is 13.1 Å². The van der Waals surface area contributed by atoms with Crippen molar-refractivity contribution in [3.63, 3.8) is 0 Å². The van der Waals surface area contributed by atoms with Gasteiger partial charge in [-0.2, -0.15) is 9.97 Å². The molecule has 2 heterocycles. The fourth-order valence-electron chi connectivity index (χ4n) is 1.43. The Morgan fingerprint density at radius 1 is 1.24 bits per heavy atom. The number of fused-ring (bicyclic) bond motifs is 1. The van der Waals surface area contributed by atoms with E-state index in [1.54, 1.807) is 13.4 Å². The second-order valence-corrected chi connectivity index (χ2v) is 4.42. The van der Waals surface area contributed by atoms with Crippen LogP contribution in [0.15, 0.2) is 6.33 Å². The number of rotatable bonds is 4. The van der Waals surface area contributed by atoms with Gasteiger partial charge < -0.3 is 15.6 Å². The predicted octanol–water partition coefficient (Wildman–Crippen LogP) is 1.85. The molecule has 0 aliphatic rings. The summed E-state index contributed by atoms with van der Waals surface area (Å²) in [7, 11) is 1.80. The van der Waals surface area contributed by atoms with Crippen molar-refractivity contribution in [2.45, 2.75) is 26.8 Å². The summed E-state index contributed by atoms with van der Waals surface area (Å²) in [5.41, 5.74) is 1.51. The molecule has 1 atom stereocenters. The molecule has 3 N–H and O–H groups in total. The highest BCUT2D eigenvalue weighted by Gasteiger charge is 2.13. The van der Waals surface area contributed by atoms with Crippen molar-refractivity contribution < 1.29 is 0 Å². The zero-order chi connectivity index (χ0) is 12.4. The van der Waals surface area contributed by atoms with Crippen molar-refractivity contribution in [2.24, 2.45) is 5.92 Å². The van der Waals surface area contributed by atoms with Crippen LogP contribution in [0, 0.1) is 5.92 Å². The fraction of sp³-hybridized carbons (Fsp3) is 0.545. The quantitative estimate of drug-likeness (QED) is 0.752. The lowest BCUT2D eigenvalue weighted by Crippen LogP contribution is -2.22. The van der Waals surface area contributed by atoms with Crippen molar-refractivity contribution in [1.29, 1.82) is 0 Å². The van der Waals surface area contributed by atoms with E-state index in [4.69, 9.17) is 0 Å². The van der Waals surface area contributed by atoms with Crippen LogP contribution in [0.2, 0.25) is 0 Å². The molecule has 6 heteroatoms. The SMILES string of the molecule is CNc1nc(NC(C)C(C)C)c2[nH]cnc2n1. The summed E-state index contributed by atoms with van der Waals surface area (Å²) in [4.78, 5) is 15.9. The summed E-state index contributed by atoms with van der Waals surface area (Å²) in [5.74, 6) is 1.89. The molecule has 0 fully saturated rings. The van der Waals surface area contributed by atoms with E-state index in [0.29, 0.717) is 23.6 Å². The van der Waals surface area contributed by atoms with Crippen molar-refractivity contribution in [2.75, 3.05) is 17.7 Å². The van der Waals surface area contributed by atoms with Gasteiger partial charge in [0.2, 0.25) is 5.95 Å². The van der Waals surface area contributed by atoms with Crippen LogP contribution in [0.25, 0.3) is 11.2 Å². The third-order valence-electron chi connectivity index (χ3n) is 2.87. The van der Waals surface area contributed by atoms with Crippen molar-refractivity contribution in [3.8, 4) is 0 Å². The van der Waals surface area contributed by atoms with E-state index in [-0.39, 0.29) is 0 Å². The minimum absolute atomic E-state index is 0.334. The van der Waals surface area contributed by atoms with Crippen LogP contribution in [0.3, 0.4) is 0 Å². The highest BCUT2D eigenvalue weighted by Crippen LogP contribution is 2.20. The molecule has 2 aromatic heterocycles. The summed E-state index contributed by atoms with van der Waals surface area (Å²) < 4.78 is 0. The van der Waals surface area contributed by atoms with Crippen LogP contribution in [0.4, 0.5) is 11.8 Å². The van der Waals surface area contributed by atoms with Gasteiger partial charge in [-0.25, -0.2) is 4.98 Å². The summed E-state index contributed by atoms with van der Waals surface area (Å²) in [5, 5.41) is 6.32. The molecule has 0 spiro atoms. The zero-order valence-corrected chi connectivity index (χ0v) is 10.6. The lowest BCUT2D eigenvalue weighted by Gasteiger charge is -2.18. The number of aromatic amines is 1. The molecule has 17 heavy (non-hydrogen) atoms. The van der Waals surface area contributed by atoms with Crippen molar-refractivity contribution >= 4 is 22.9 Å². The Balaban J connectivity index is 2.40. The first kappa shape index (κ1) is 11.6. The van der Waals surface area contributed by atoms with Gasteiger partial charge in [-0.3, -0.25) is 0 Å². The molecule has 1 unspecified atom stereocenters. The molecule has 0 saturated heterocycles. The average Bonchev–Trinajstić information content (AvgIpc) is 2.76. The first-order valence-electron chi connectivity index (χ1n) is 5.77. The van der Waals surface area contributed by atoms with Gasteiger partial charge in [-0.1, -0.05) is 13.8 Å². The monoisotopic (exact) mass is 234 g/mol. The van der Waals surface area contributed by atoms with Crippen LogP contribution in [0.1, 0.15) is 20.8 Å². The minimum atomic E-state index is 0.334. The van der Waals surface area contributed by atoms with E-state index in [1.807, 2.05) is 0 Å². The maximum absolute atomic E-state index is 4.41. The lowest BCUT2D eigenvalue weighted by atomic mass is 10.1. The molecule has 2 aromatic rings. The normalized spacial score (nSPS) is 13.0. The standard InChI is InChI=1S/C11H18N6/c1-6(2)7(3)15-10-8-9(14-5-13-8)16-11(12-4)17-10/h5-7H,1-4H3,(H3,12,13,14,15,16,17). The summed E-state index contributed by atoms with van der Waals surface area (Å²) >= 11 is 0. The molecule has 0 saturated carbocycles. The first-order valence-corrected chi connectivity index (χ1v) is 5.77. The van der Waals surface area contributed by atoms with Crippen LogP contribution >= 0.6 is 0 Å². The predicted molar refractivity (Wildman–Crippen MR) is 69.2 cm³/mol. The van der Waals surface area contributed by atoms with E-state index in [1.165, 1.54) is 0 Å². The van der Waals surface area contributed by atoms with Crippen LogP contribution < -0.4 is 10.6 Å². The van der Waals surface area contributed by atoms with Gasteiger partial charge in [0.1, 0.15) is 5.52 Å². The maximum atomic E-state index is 4.41. The van der Waals surface area contributed by atoms with Gasteiger partial charge in [0.15, 0.2) is 11.5 Å². The van der Waals surface area contributed by atoms with Crippen LogP contribution in [0.5, 0.6) is 0 Å². The Morgan fingerprint density at radius 3 is 2.65 bits per heavy atom. The molecule has 92 valence electrons. The highest BCUT2D eigenvalue weighted by molar-refractivity contribution is 5.83. The molecule has 0 radical (unpaired) electrons. The average molecular weight is 234 g/mol. The number of aromatic nitrogens is 4. The van der Waals surface area contributed by atoms with E-state index in [9.17, 15) is 0 Å². The molecule has 2 rings (SSSR count). The second-order valence-electron chi connectivity index (χ2n) is 4.42. The molecule has 0 aliphatic carbocycles. The number of nitrogens with one attached hydrogen (secondary N) is 3. The summed E-state index contributed by atoms with van der Waals surface area (Å²) in [6, 6.07) is 0.334. The van der Waals surface area contributed by atoms with Crippen LogP contribution in [-0.4, -0.2) is 33.0 Å². The summed E-state index contributed by atoms with van der Waals surface area (Å²) in [6.07, 6.45) is 1.63. The Kier molecular flexibility index (Phi) is 3.12. The number of anilines is 2. The van der Waals surface area contributed by atoms with Gasteiger partial charge in [0.05, 0.1) is 6.33 Å². The topological polar surface area (TPSA) is 78.5 Å². The van der Waals surface area contributed by atoms with Crippen LogP contribution in [-0.2, 0) is 0 Å². The molecule has 6 nitrogen and oxygen atoms in total. The zero-order valence-electron chi connectivity index (χ0n) is 10.6. The van der Waals surface area contributed by atoms with E-state index < -0.39 is 0 Å². The number of nitrogens with zero attached hydrogens (tertiary/aromatic N) is 3. The molecule has 0 bridgehead atoms. The van der Waals surface area contributed by atoms with Gasteiger partial charge in [0.25, 0.3) is 0 Å². The second kappa shape index (κ2) is 4.57. The number of imidazole rings is 1. The van der Waals surface area contributed by atoms with Gasteiger partial charge in [-0.15, -0.1) is 0 Å². The molecule has 0 aromatic carbocycles. The number of hydrogen-bond acceptors (Lipinski definition) is 5. The van der Waals surface area contributed by atoms with Gasteiger partial charge in [-0.05, 0) is 12.8 Å². The Hall–Kier alpha value is -1.85. The largest absolute Gasteiger partial charge is 0.365 e. The van der Waals surface area contributed by atoms with Crippen molar-refractivity contribution in [3.05, 3.63) is 6.33 Å². The highest BCUT2D eigenvalue weighted by atomic mass is 15.2. The lowest BCUT2D eigenvalue weighted by molar-refractivity contribution is 0.559. The third-order valence-corrected chi connectivity index (χ3v) is 2.87. The number of hydrogen-bond donors (Lipinski definition) is 3. The Bertz CT molecular complexity index is 504. The van der Waals surface area contributed by atoms with E-state index >= 15 is 0 Å². The third kappa shape index (κ3) is 2.30. The first-order chi connectivity index (χ1) is 8.11. The smallest absolute Gasteiger partial charge is 0.226 e. The Morgan fingerprint density at radius 2 is 2.00 bits per heavy atom. The number of H-pyrrole nitrogens is 1. The van der Waals surface area contributed by atoms with Crippen molar-refractivity contribution in [1.82, 2.24) is 19.9 Å². The summed E-state index contributed by atoms with van der Waals surface area (Å²) in [6.45, 7) is 6.47. The van der Waals surface area contributed by atoms with E-state index in [0.717, 1.165) is 11.3 Å². The molecule has 0 aliphatic heterocycles. The van der Waals surface area contributed by atoms with Gasteiger partial charge >= 0.3 is 0 Å². The minimum Gasteiger partial charge on any atom is -0.365 e.